The van der Waals surface area contributed by atoms with E-state index in [9.17, 15) is 0 Å². The largest absolute Gasteiger partial charge is 0.463 e. The molecule has 1 heterocycles. The Bertz CT molecular complexity index is 156. The van der Waals surface area contributed by atoms with Crippen LogP contribution in [0.3, 0.4) is 0 Å². The predicted molar refractivity (Wildman–Crippen MR) is 40.9 cm³/mol. The molecule has 1 atom stereocenters. The van der Waals surface area contributed by atoms with Crippen LogP contribution in [0.2, 0.25) is 0 Å². The molecule has 0 radical (unpaired) electrons. The lowest BCUT2D eigenvalue weighted by molar-refractivity contribution is 0.254. The number of aliphatic imine (C=N–C) groups is 1. The van der Waals surface area contributed by atoms with E-state index < -0.39 is 0 Å². The number of rotatable bonds is 2. The van der Waals surface area contributed by atoms with Gasteiger partial charge in [-0.2, -0.15) is 0 Å². The molecule has 0 spiro atoms. The normalized spacial score (nSPS) is 31.6. The predicted octanol–water partition coefficient (Wildman–Crippen LogP) is 0.890. The third-order valence-corrected chi connectivity index (χ3v) is 1.70. The van der Waals surface area contributed by atoms with Crippen molar-refractivity contribution < 1.29 is 4.74 Å². The average molecular weight is 142 g/mol. The minimum Gasteiger partial charge on any atom is -0.463 e. The lowest BCUT2D eigenvalue weighted by Crippen LogP contribution is -2.22. The molecule has 3 nitrogen and oxygen atoms in total. The number of hydrogen-bond donors (Lipinski definition) is 1. The summed E-state index contributed by atoms with van der Waals surface area (Å²) in [6, 6.07) is 0.343. The molecule has 10 heavy (non-hydrogen) atoms. The smallest absolute Gasteiger partial charge is 0.282 e. The van der Waals surface area contributed by atoms with Crippen molar-refractivity contribution >= 4 is 6.02 Å². The number of amidine groups is 1. The lowest BCUT2D eigenvalue weighted by atomic mass is 9.99. The van der Waals surface area contributed by atoms with Crippen LogP contribution >= 0.6 is 0 Å². The van der Waals surface area contributed by atoms with Gasteiger partial charge in [-0.3, -0.25) is 0 Å². The van der Waals surface area contributed by atoms with Crippen molar-refractivity contribution in [1.29, 1.82) is 0 Å². The maximum atomic E-state index is 5.37. The summed E-state index contributed by atoms with van der Waals surface area (Å²) in [5, 5.41) is 0. The summed E-state index contributed by atoms with van der Waals surface area (Å²) in [6.45, 7) is 4.85. The van der Waals surface area contributed by atoms with Gasteiger partial charge in [-0.05, 0) is 13.3 Å². The summed E-state index contributed by atoms with van der Waals surface area (Å²) >= 11 is 0. The highest BCUT2D eigenvalue weighted by molar-refractivity contribution is 5.73. The SMILES string of the molecule is CCCC1(C)COC(N)=N1. The van der Waals surface area contributed by atoms with Crippen LogP contribution in [0.25, 0.3) is 0 Å². The summed E-state index contributed by atoms with van der Waals surface area (Å²) < 4.78 is 5.05. The Balaban J connectivity index is 2.54. The maximum absolute atomic E-state index is 5.37. The van der Waals surface area contributed by atoms with Crippen LogP contribution in [0.5, 0.6) is 0 Å². The van der Waals surface area contributed by atoms with Gasteiger partial charge in [0.25, 0.3) is 6.02 Å². The van der Waals surface area contributed by atoms with Gasteiger partial charge in [0.05, 0.1) is 5.54 Å². The van der Waals surface area contributed by atoms with Crippen LogP contribution in [0.1, 0.15) is 26.7 Å². The number of nitrogens with zero attached hydrogens (tertiary/aromatic N) is 1. The van der Waals surface area contributed by atoms with E-state index in [2.05, 4.69) is 18.8 Å². The molecule has 1 aliphatic heterocycles. The van der Waals surface area contributed by atoms with Gasteiger partial charge in [0.15, 0.2) is 0 Å². The summed E-state index contributed by atoms with van der Waals surface area (Å²) in [6.07, 6.45) is 2.17. The quantitative estimate of drug-likeness (QED) is 0.622. The molecular weight excluding hydrogens is 128 g/mol. The molecule has 0 fully saturated rings. The van der Waals surface area contributed by atoms with Gasteiger partial charge in [-0.15, -0.1) is 0 Å². The van der Waals surface area contributed by atoms with E-state index in [-0.39, 0.29) is 5.54 Å². The van der Waals surface area contributed by atoms with E-state index in [1.807, 2.05) is 0 Å². The second kappa shape index (κ2) is 2.48. The summed E-state index contributed by atoms with van der Waals surface area (Å²) in [5.74, 6) is 0. The molecule has 0 amide bonds. The molecule has 0 saturated carbocycles. The van der Waals surface area contributed by atoms with Gasteiger partial charge < -0.3 is 10.5 Å². The molecule has 0 aromatic carbocycles. The van der Waals surface area contributed by atoms with Crippen molar-refractivity contribution in [2.24, 2.45) is 10.7 Å². The molecular formula is C7H14N2O. The molecule has 0 aromatic rings. The molecule has 0 aromatic heterocycles. The van der Waals surface area contributed by atoms with Gasteiger partial charge >= 0.3 is 0 Å². The van der Waals surface area contributed by atoms with Crippen molar-refractivity contribution in [2.75, 3.05) is 6.61 Å². The molecule has 0 aliphatic carbocycles. The van der Waals surface area contributed by atoms with Crippen molar-refractivity contribution in [3.63, 3.8) is 0 Å². The lowest BCUT2D eigenvalue weighted by Gasteiger charge is -2.15. The van der Waals surface area contributed by atoms with Gasteiger partial charge in [0.2, 0.25) is 0 Å². The Hall–Kier alpha value is -0.730. The van der Waals surface area contributed by atoms with Crippen molar-refractivity contribution in [1.82, 2.24) is 0 Å². The van der Waals surface area contributed by atoms with Gasteiger partial charge in [0.1, 0.15) is 6.61 Å². The fourth-order valence-electron chi connectivity index (χ4n) is 1.23. The van der Waals surface area contributed by atoms with E-state index in [0.29, 0.717) is 12.6 Å². The zero-order valence-electron chi connectivity index (χ0n) is 6.55. The molecule has 2 N–H and O–H groups in total. The molecule has 0 bridgehead atoms. The standard InChI is InChI=1S/C7H14N2O/c1-3-4-7(2)5-10-6(8)9-7/h3-5H2,1-2H3,(H2,8,9). The average Bonchev–Trinajstić information content (AvgIpc) is 2.12. The van der Waals surface area contributed by atoms with Crippen LogP contribution < -0.4 is 5.73 Å². The molecule has 3 heteroatoms. The van der Waals surface area contributed by atoms with Gasteiger partial charge in [-0.25, -0.2) is 4.99 Å². The van der Waals surface area contributed by atoms with E-state index in [4.69, 9.17) is 10.5 Å². The van der Waals surface area contributed by atoms with Gasteiger partial charge in [0, 0.05) is 0 Å². The van der Waals surface area contributed by atoms with E-state index in [1.165, 1.54) is 0 Å². The van der Waals surface area contributed by atoms with Gasteiger partial charge in [-0.1, -0.05) is 13.3 Å². The fraction of sp³-hybridized carbons (Fsp3) is 0.857. The first-order valence-electron chi connectivity index (χ1n) is 3.64. The highest BCUT2D eigenvalue weighted by atomic mass is 16.5. The molecule has 0 saturated heterocycles. The number of hydrogen-bond acceptors (Lipinski definition) is 3. The third kappa shape index (κ3) is 1.40. The highest BCUT2D eigenvalue weighted by Gasteiger charge is 2.29. The Morgan fingerprint density at radius 2 is 2.50 bits per heavy atom. The Labute approximate surface area is 61.3 Å². The van der Waals surface area contributed by atoms with Crippen molar-refractivity contribution in [2.45, 2.75) is 32.2 Å². The first-order valence-corrected chi connectivity index (χ1v) is 3.64. The second-order valence-electron chi connectivity index (χ2n) is 2.99. The third-order valence-electron chi connectivity index (χ3n) is 1.70. The van der Waals surface area contributed by atoms with Crippen LogP contribution in [0.15, 0.2) is 4.99 Å². The zero-order chi connectivity index (χ0) is 7.61. The fourth-order valence-corrected chi connectivity index (χ4v) is 1.23. The van der Waals surface area contributed by atoms with Crippen molar-refractivity contribution in [3.05, 3.63) is 0 Å². The molecule has 58 valence electrons. The molecule has 1 aliphatic rings. The summed E-state index contributed by atoms with van der Waals surface area (Å²) in [5.41, 5.74) is 5.33. The number of nitrogens with two attached hydrogens (primary N) is 1. The zero-order valence-corrected chi connectivity index (χ0v) is 6.55. The summed E-state index contributed by atoms with van der Waals surface area (Å²) in [7, 11) is 0. The van der Waals surface area contributed by atoms with Crippen molar-refractivity contribution in [3.8, 4) is 0 Å². The van der Waals surface area contributed by atoms with E-state index in [1.54, 1.807) is 0 Å². The number of ether oxygens (including phenoxy) is 1. The van der Waals surface area contributed by atoms with Crippen LogP contribution in [-0.2, 0) is 4.74 Å². The minimum atomic E-state index is -0.0428. The topological polar surface area (TPSA) is 47.6 Å². The first kappa shape index (κ1) is 7.38. The highest BCUT2D eigenvalue weighted by Crippen LogP contribution is 2.21. The minimum absolute atomic E-state index is 0.0428. The van der Waals surface area contributed by atoms with E-state index in [0.717, 1.165) is 12.8 Å². The first-order chi connectivity index (χ1) is 4.66. The monoisotopic (exact) mass is 142 g/mol. The van der Waals surface area contributed by atoms with Crippen LogP contribution in [0.4, 0.5) is 0 Å². The Morgan fingerprint density at radius 3 is 2.90 bits per heavy atom. The molecule has 1 unspecified atom stereocenters. The maximum Gasteiger partial charge on any atom is 0.282 e. The summed E-state index contributed by atoms with van der Waals surface area (Å²) in [4.78, 5) is 4.18. The Morgan fingerprint density at radius 1 is 1.80 bits per heavy atom. The second-order valence-corrected chi connectivity index (χ2v) is 2.99. The van der Waals surface area contributed by atoms with Crippen LogP contribution in [-0.4, -0.2) is 18.2 Å². The Kier molecular flexibility index (Phi) is 1.83. The van der Waals surface area contributed by atoms with Crippen LogP contribution in [0, 0.1) is 0 Å². The molecule has 1 rings (SSSR count). The van der Waals surface area contributed by atoms with E-state index >= 15 is 0 Å².